The van der Waals surface area contributed by atoms with Crippen LogP contribution in [-0.4, -0.2) is 34.1 Å². The molecule has 27 heavy (non-hydrogen) atoms. The fraction of sp³-hybridized carbons (Fsp3) is 0.333. The van der Waals surface area contributed by atoms with Crippen LogP contribution in [0.15, 0.2) is 59.1 Å². The van der Waals surface area contributed by atoms with Crippen LogP contribution in [0.3, 0.4) is 0 Å². The number of amides is 3. The predicted molar refractivity (Wildman–Crippen MR) is 107 cm³/mol. The average Bonchev–Trinajstić information content (AvgIpc) is 2.93. The second-order valence-electron chi connectivity index (χ2n) is 7.57. The summed E-state index contributed by atoms with van der Waals surface area (Å²) in [7, 11) is 0. The summed E-state index contributed by atoms with van der Waals surface area (Å²) in [4.78, 5) is 28.7. The topological polar surface area (TPSA) is 49.9 Å². The lowest BCUT2D eigenvalue weighted by atomic mass is 10.1. The summed E-state index contributed by atoms with van der Waals surface area (Å²) in [5.74, 6) is 0. The molecule has 1 atom stereocenters. The van der Waals surface area contributed by atoms with E-state index in [1.165, 1.54) is 4.90 Å². The number of halogens is 1. The third kappa shape index (κ3) is 4.69. The smallest absolute Gasteiger partial charge is 0.419 e. The van der Waals surface area contributed by atoms with Crippen LogP contribution in [0.4, 0.5) is 9.59 Å². The van der Waals surface area contributed by atoms with Gasteiger partial charge in [-0.2, -0.15) is 0 Å². The van der Waals surface area contributed by atoms with Crippen molar-refractivity contribution in [2.45, 2.75) is 39.0 Å². The number of carbonyl (C=O) groups excluding carboxylic acids is 2. The summed E-state index contributed by atoms with van der Waals surface area (Å²) < 4.78 is 6.47. The predicted octanol–water partition coefficient (Wildman–Crippen LogP) is 5.36. The van der Waals surface area contributed by atoms with E-state index in [2.05, 4.69) is 15.9 Å². The lowest BCUT2D eigenvalue weighted by Gasteiger charge is -2.26. The first-order valence-corrected chi connectivity index (χ1v) is 9.64. The van der Waals surface area contributed by atoms with Gasteiger partial charge >= 0.3 is 12.1 Å². The maximum atomic E-state index is 13.0. The highest BCUT2D eigenvalue weighted by Gasteiger charge is 2.43. The Hall–Kier alpha value is -2.34. The number of hydrogen-bond acceptors (Lipinski definition) is 3. The van der Waals surface area contributed by atoms with E-state index < -0.39 is 11.7 Å². The van der Waals surface area contributed by atoms with Gasteiger partial charge < -0.3 is 9.64 Å². The minimum atomic E-state index is -0.669. The van der Waals surface area contributed by atoms with E-state index in [4.69, 9.17) is 4.74 Å². The van der Waals surface area contributed by atoms with Gasteiger partial charge in [0.15, 0.2) is 0 Å². The van der Waals surface area contributed by atoms with E-state index in [-0.39, 0.29) is 12.1 Å². The van der Waals surface area contributed by atoms with Crippen molar-refractivity contribution in [2.24, 2.45) is 0 Å². The second-order valence-corrected chi connectivity index (χ2v) is 8.48. The molecule has 2 aromatic carbocycles. The van der Waals surface area contributed by atoms with Crippen molar-refractivity contribution in [3.63, 3.8) is 0 Å². The van der Waals surface area contributed by atoms with E-state index in [1.54, 1.807) is 25.7 Å². The quantitative estimate of drug-likeness (QED) is 0.657. The van der Waals surface area contributed by atoms with E-state index in [0.29, 0.717) is 13.1 Å². The minimum Gasteiger partial charge on any atom is -0.443 e. The molecule has 5 nitrogen and oxygen atoms in total. The molecular weight excluding hydrogens is 408 g/mol. The molecule has 1 aliphatic rings. The van der Waals surface area contributed by atoms with E-state index in [1.807, 2.05) is 54.6 Å². The molecule has 0 N–H and O–H groups in total. The van der Waals surface area contributed by atoms with Crippen molar-refractivity contribution in [1.29, 1.82) is 0 Å². The zero-order chi connectivity index (χ0) is 19.6. The molecule has 6 heteroatoms. The second kappa shape index (κ2) is 7.72. The summed E-state index contributed by atoms with van der Waals surface area (Å²) in [6.45, 7) is 6.25. The Morgan fingerprint density at radius 1 is 1.11 bits per heavy atom. The summed E-state index contributed by atoms with van der Waals surface area (Å²) in [5, 5.41) is 0. The summed E-state index contributed by atoms with van der Waals surface area (Å²) in [5.41, 5.74) is 1.25. The van der Waals surface area contributed by atoms with E-state index in [0.717, 1.165) is 15.6 Å². The van der Waals surface area contributed by atoms with Gasteiger partial charge in [0, 0.05) is 17.6 Å². The molecule has 0 aromatic heterocycles. The van der Waals surface area contributed by atoms with Crippen LogP contribution in [0.1, 0.15) is 37.9 Å². The van der Waals surface area contributed by atoms with Crippen LogP contribution in [0.2, 0.25) is 0 Å². The van der Waals surface area contributed by atoms with Gasteiger partial charge in [0.1, 0.15) is 5.60 Å². The van der Waals surface area contributed by atoms with E-state index >= 15 is 0 Å². The SMILES string of the molecule is CC(C)(C)OC(=O)N1C(=O)N(Cc2ccc(Br)cc2)C[C@@H]1c1ccccc1. The molecule has 142 valence electrons. The Balaban J connectivity index is 1.87. The summed E-state index contributed by atoms with van der Waals surface area (Å²) >= 11 is 3.42. The van der Waals surface area contributed by atoms with Gasteiger partial charge in [-0.1, -0.05) is 58.4 Å². The Bertz CT molecular complexity index is 816. The maximum absolute atomic E-state index is 13.0. The van der Waals surface area contributed by atoms with Crippen molar-refractivity contribution in [2.75, 3.05) is 6.54 Å². The van der Waals surface area contributed by atoms with Gasteiger partial charge in [0.05, 0.1) is 6.04 Å². The standard InChI is InChI=1S/C21H23BrN2O3/c1-21(2,3)27-20(26)24-18(16-7-5-4-6-8-16)14-23(19(24)25)13-15-9-11-17(22)12-10-15/h4-12,18H,13-14H2,1-3H3/t18-/m1/s1. The first-order chi connectivity index (χ1) is 12.7. The fourth-order valence-electron chi connectivity index (χ4n) is 3.04. The number of urea groups is 1. The van der Waals surface area contributed by atoms with Gasteiger partial charge in [0.25, 0.3) is 0 Å². The molecule has 0 saturated carbocycles. The molecule has 1 saturated heterocycles. The van der Waals surface area contributed by atoms with Crippen LogP contribution in [0.5, 0.6) is 0 Å². The number of rotatable bonds is 3. The van der Waals surface area contributed by atoms with E-state index in [9.17, 15) is 9.59 Å². The van der Waals surface area contributed by atoms with Crippen LogP contribution in [-0.2, 0) is 11.3 Å². The molecule has 1 heterocycles. The van der Waals surface area contributed by atoms with Gasteiger partial charge in [-0.15, -0.1) is 0 Å². The van der Waals surface area contributed by atoms with Crippen molar-refractivity contribution in [3.8, 4) is 0 Å². The largest absolute Gasteiger partial charge is 0.443 e. The molecule has 3 amide bonds. The third-order valence-electron chi connectivity index (χ3n) is 4.24. The van der Waals surface area contributed by atoms with Crippen molar-refractivity contribution < 1.29 is 14.3 Å². The van der Waals surface area contributed by atoms with Gasteiger partial charge in [0.2, 0.25) is 0 Å². The number of ether oxygens (including phenoxy) is 1. The van der Waals surface area contributed by atoms with Gasteiger partial charge in [-0.25, -0.2) is 14.5 Å². The number of benzene rings is 2. The molecular formula is C21H23BrN2O3. The van der Waals surface area contributed by atoms with Gasteiger partial charge in [-0.05, 0) is 44.0 Å². The van der Waals surface area contributed by atoms with Crippen LogP contribution >= 0.6 is 15.9 Å². The highest BCUT2D eigenvalue weighted by atomic mass is 79.9. The minimum absolute atomic E-state index is 0.332. The summed E-state index contributed by atoms with van der Waals surface area (Å²) in [6.07, 6.45) is -0.611. The number of hydrogen-bond donors (Lipinski definition) is 0. The third-order valence-corrected chi connectivity index (χ3v) is 4.77. The molecule has 1 aliphatic heterocycles. The van der Waals surface area contributed by atoms with Crippen LogP contribution in [0.25, 0.3) is 0 Å². The molecule has 1 fully saturated rings. The lowest BCUT2D eigenvalue weighted by Crippen LogP contribution is -2.40. The van der Waals surface area contributed by atoms with Crippen molar-refractivity contribution in [1.82, 2.24) is 9.80 Å². The molecule has 0 bridgehead atoms. The van der Waals surface area contributed by atoms with Crippen molar-refractivity contribution >= 4 is 28.1 Å². The highest BCUT2D eigenvalue weighted by Crippen LogP contribution is 2.32. The zero-order valence-electron chi connectivity index (χ0n) is 15.7. The number of carbonyl (C=O) groups is 2. The van der Waals surface area contributed by atoms with Crippen LogP contribution < -0.4 is 0 Å². The van der Waals surface area contributed by atoms with Crippen LogP contribution in [0, 0.1) is 0 Å². The first kappa shape index (κ1) is 19.4. The molecule has 0 radical (unpaired) electrons. The molecule has 3 rings (SSSR count). The Morgan fingerprint density at radius 3 is 2.33 bits per heavy atom. The van der Waals surface area contributed by atoms with Crippen molar-refractivity contribution in [3.05, 3.63) is 70.2 Å². The highest BCUT2D eigenvalue weighted by molar-refractivity contribution is 9.10. The molecule has 2 aromatic rings. The molecule has 0 aliphatic carbocycles. The fourth-order valence-corrected chi connectivity index (χ4v) is 3.31. The molecule has 0 spiro atoms. The number of nitrogens with zero attached hydrogens (tertiary/aromatic N) is 2. The lowest BCUT2D eigenvalue weighted by molar-refractivity contribution is 0.0295. The molecule has 0 unspecified atom stereocenters. The van der Waals surface area contributed by atoms with Gasteiger partial charge in [-0.3, -0.25) is 0 Å². The monoisotopic (exact) mass is 430 g/mol. The normalized spacial score (nSPS) is 17.3. The Kier molecular flexibility index (Phi) is 5.56. The Labute approximate surface area is 168 Å². The zero-order valence-corrected chi connectivity index (χ0v) is 17.3. The number of imide groups is 1. The Morgan fingerprint density at radius 2 is 1.74 bits per heavy atom. The summed E-state index contributed by atoms with van der Waals surface area (Å²) in [6, 6.07) is 16.7. The maximum Gasteiger partial charge on any atom is 0.419 e. The average molecular weight is 431 g/mol. The first-order valence-electron chi connectivity index (χ1n) is 8.85.